The van der Waals surface area contributed by atoms with Gasteiger partial charge in [-0.3, -0.25) is 0 Å². The van der Waals surface area contributed by atoms with Crippen LogP contribution in [0.4, 0.5) is 5.69 Å². The lowest BCUT2D eigenvalue weighted by molar-refractivity contribution is 0.887. The Balaban J connectivity index is 2.12. The Kier molecular flexibility index (Phi) is 4.33. The second-order valence-corrected chi connectivity index (χ2v) is 5.21. The van der Waals surface area contributed by atoms with E-state index in [1.807, 2.05) is 5.51 Å². The number of benzene rings is 1. The van der Waals surface area contributed by atoms with Gasteiger partial charge in [-0.15, -0.1) is 11.3 Å². The molecule has 3 nitrogen and oxygen atoms in total. The van der Waals surface area contributed by atoms with Gasteiger partial charge in [-0.05, 0) is 37.1 Å². The standard InChI is InChI=1S/C14H19N3S/c1-11-7-12(5-6-15)3-4-14(11)17(2)8-13-9-18-10-16-13/h3-4,7,9-10H,5-6,8,15H2,1-2H3. The van der Waals surface area contributed by atoms with Crippen molar-refractivity contribution in [2.24, 2.45) is 5.73 Å². The monoisotopic (exact) mass is 261 g/mol. The zero-order valence-corrected chi connectivity index (χ0v) is 11.7. The summed E-state index contributed by atoms with van der Waals surface area (Å²) in [5.74, 6) is 0. The predicted molar refractivity (Wildman–Crippen MR) is 78.2 cm³/mol. The summed E-state index contributed by atoms with van der Waals surface area (Å²) in [6.45, 7) is 3.70. The summed E-state index contributed by atoms with van der Waals surface area (Å²) in [7, 11) is 2.10. The summed E-state index contributed by atoms with van der Waals surface area (Å²) in [6.07, 6.45) is 0.941. The lowest BCUT2D eigenvalue weighted by Crippen LogP contribution is -2.17. The van der Waals surface area contributed by atoms with E-state index < -0.39 is 0 Å². The molecule has 2 aromatic rings. The van der Waals surface area contributed by atoms with Crippen LogP contribution < -0.4 is 10.6 Å². The number of aromatic nitrogens is 1. The van der Waals surface area contributed by atoms with E-state index >= 15 is 0 Å². The van der Waals surface area contributed by atoms with Gasteiger partial charge in [0.15, 0.2) is 0 Å². The molecule has 4 heteroatoms. The molecule has 1 aromatic heterocycles. The van der Waals surface area contributed by atoms with Gasteiger partial charge in [-0.25, -0.2) is 4.98 Å². The van der Waals surface area contributed by atoms with Crippen molar-refractivity contribution in [1.82, 2.24) is 4.98 Å². The number of nitrogens with two attached hydrogens (primary N) is 1. The molecule has 2 N–H and O–H groups in total. The summed E-state index contributed by atoms with van der Waals surface area (Å²) in [4.78, 5) is 6.55. The number of hydrogen-bond donors (Lipinski definition) is 1. The fourth-order valence-electron chi connectivity index (χ4n) is 2.11. The van der Waals surface area contributed by atoms with Crippen LogP contribution in [0.2, 0.25) is 0 Å². The Morgan fingerprint density at radius 1 is 1.39 bits per heavy atom. The van der Waals surface area contributed by atoms with Gasteiger partial charge < -0.3 is 10.6 Å². The normalized spacial score (nSPS) is 10.6. The average Bonchev–Trinajstić information content (AvgIpc) is 2.82. The van der Waals surface area contributed by atoms with E-state index in [0.29, 0.717) is 6.54 Å². The zero-order chi connectivity index (χ0) is 13.0. The minimum atomic E-state index is 0.702. The first-order chi connectivity index (χ1) is 8.70. The van der Waals surface area contributed by atoms with E-state index in [0.717, 1.165) is 18.7 Å². The lowest BCUT2D eigenvalue weighted by Gasteiger charge is -2.21. The highest BCUT2D eigenvalue weighted by atomic mass is 32.1. The number of anilines is 1. The van der Waals surface area contributed by atoms with Gasteiger partial charge in [-0.2, -0.15) is 0 Å². The Morgan fingerprint density at radius 3 is 2.83 bits per heavy atom. The van der Waals surface area contributed by atoms with Crippen LogP contribution in [0.15, 0.2) is 29.1 Å². The molecular weight excluding hydrogens is 242 g/mol. The minimum Gasteiger partial charge on any atom is -0.368 e. The molecule has 0 bridgehead atoms. The third kappa shape index (κ3) is 3.09. The molecule has 0 fully saturated rings. The summed E-state index contributed by atoms with van der Waals surface area (Å²) in [5, 5.41) is 2.09. The summed E-state index contributed by atoms with van der Waals surface area (Å²) < 4.78 is 0. The van der Waals surface area contributed by atoms with E-state index in [1.54, 1.807) is 11.3 Å². The van der Waals surface area contributed by atoms with Crippen LogP contribution in [-0.2, 0) is 13.0 Å². The number of hydrogen-bond acceptors (Lipinski definition) is 4. The number of nitrogens with zero attached hydrogens (tertiary/aromatic N) is 2. The number of rotatable bonds is 5. The molecule has 0 atom stereocenters. The molecule has 0 aliphatic carbocycles. The Bertz CT molecular complexity index is 494. The molecule has 2 rings (SSSR count). The number of thiazole rings is 1. The molecule has 0 aliphatic rings. The minimum absolute atomic E-state index is 0.702. The van der Waals surface area contributed by atoms with Crippen LogP contribution in [-0.4, -0.2) is 18.6 Å². The van der Waals surface area contributed by atoms with E-state index in [9.17, 15) is 0 Å². The smallest absolute Gasteiger partial charge is 0.0795 e. The maximum atomic E-state index is 5.58. The van der Waals surface area contributed by atoms with Crippen molar-refractivity contribution in [1.29, 1.82) is 0 Å². The highest BCUT2D eigenvalue weighted by molar-refractivity contribution is 7.07. The maximum Gasteiger partial charge on any atom is 0.0795 e. The molecule has 0 saturated carbocycles. The van der Waals surface area contributed by atoms with E-state index in [4.69, 9.17) is 5.73 Å². The average molecular weight is 261 g/mol. The first kappa shape index (κ1) is 13.1. The van der Waals surface area contributed by atoms with Crippen molar-refractivity contribution in [2.45, 2.75) is 19.9 Å². The predicted octanol–water partition coefficient (Wildman–Crippen LogP) is 2.59. The van der Waals surface area contributed by atoms with Gasteiger partial charge >= 0.3 is 0 Å². The van der Waals surface area contributed by atoms with Crippen molar-refractivity contribution < 1.29 is 0 Å². The molecule has 0 aliphatic heterocycles. The quantitative estimate of drug-likeness (QED) is 0.899. The second-order valence-electron chi connectivity index (χ2n) is 4.50. The Morgan fingerprint density at radius 2 is 2.22 bits per heavy atom. The first-order valence-corrected chi connectivity index (χ1v) is 7.03. The highest BCUT2D eigenvalue weighted by Crippen LogP contribution is 2.22. The molecule has 0 saturated heterocycles. The van der Waals surface area contributed by atoms with Gasteiger partial charge in [0.1, 0.15) is 0 Å². The molecular formula is C14H19N3S. The van der Waals surface area contributed by atoms with Crippen LogP contribution >= 0.6 is 11.3 Å². The van der Waals surface area contributed by atoms with Crippen LogP contribution in [0, 0.1) is 6.92 Å². The van der Waals surface area contributed by atoms with E-state index in [-0.39, 0.29) is 0 Å². The molecule has 1 aromatic carbocycles. The second kappa shape index (κ2) is 5.98. The summed E-state index contributed by atoms with van der Waals surface area (Å²) in [5.41, 5.74) is 12.4. The van der Waals surface area contributed by atoms with Crippen molar-refractivity contribution in [3.8, 4) is 0 Å². The van der Waals surface area contributed by atoms with Gasteiger partial charge in [0.05, 0.1) is 17.7 Å². The Labute approximate surface area is 112 Å². The van der Waals surface area contributed by atoms with Crippen LogP contribution in [0.5, 0.6) is 0 Å². The molecule has 0 amide bonds. The molecule has 0 radical (unpaired) electrons. The van der Waals surface area contributed by atoms with Crippen molar-refractivity contribution in [3.63, 3.8) is 0 Å². The third-order valence-electron chi connectivity index (χ3n) is 2.99. The topological polar surface area (TPSA) is 42.1 Å². The third-order valence-corrected chi connectivity index (χ3v) is 3.62. The summed E-state index contributed by atoms with van der Waals surface area (Å²) >= 11 is 1.64. The fourth-order valence-corrected chi connectivity index (χ4v) is 2.66. The van der Waals surface area contributed by atoms with E-state index in [1.165, 1.54) is 16.8 Å². The lowest BCUT2D eigenvalue weighted by atomic mass is 10.1. The maximum absolute atomic E-state index is 5.58. The van der Waals surface area contributed by atoms with Crippen molar-refractivity contribution >= 4 is 17.0 Å². The highest BCUT2D eigenvalue weighted by Gasteiger charge is 2.07. The molecule has 96 valence electrons. The SMILES string of the molecule is Cc1cc(CCN)ccc1N(C)Cc1cscn1. The van der Waals surface area contributed by atoms with Gasteiger partial charge in [0, 0.05) is 18.1 Å². The molecule has 18 heavy (non-hydrogen) atoms. The number of aryl methyl sites for hydroxylation is 1. The van der Waals surface area contributed by atoms with Crippen molar-refractivity contribution in [3.05, 3.63) is 45.9 Å². The molecule has 0 unspecified atom stereocenters. The van der Waals surface area contributed by atoms with Crippen LogP contribution in [0.1, 0.15) is 16.8 Å². The molecule has 1 heterocycles. The van der Waals surface area contributed by atoms with Gasteiger partial charge in [0.2, 0.25) is 0 Å². The molecule has 0 spiro atoms. The van der Waals surface area contributed by atoms with Crippen LogP contribution in [0.25, 0.3) is 0 Å². The van der Waals surface area contributed by atoms with Crippen molar-refractivity contribution in [2.75, 3.05) is 18.5 Å². The first-order valence-electron chi connectivity index (χ1n) is 6.08. The van der Waals surface area contributed by atoms with Gasteiger partial charge in [0.25, 0.3) is 0 Å². The van der Waals surface area contributed by atoms with Crippen LogP contribution in [0.3, 0.4) is 0 Å². The largest absolute Gasteiger partial charge is 0.368 e. The fraction of sp³-hybridized carbons (Fsp3) is 0.357. The van der Waals surface area contributed by atoms with Gasteiger partial charge in [-0.1, -0.05) is 12.1 Å². The Hall–Kier alpha value is -1.39. The van der Waals surface area contributed by atoms with E-state index in [2.05, 4.69) is 47.4 Å². The zero-order valence-electron chi connectivity index (χ0n) is 10.9. The summed E-state index contributed by atoms with van der Waals surface area (Å²) in [6, 6.07) is 6.55.